The third-order valence-electron chi connectivity index (χ3n) is 2.57. The van der Waals surface area contributed by atoms with E-state index in [1.165, 1.54) is 24.3 Å². The number of hydrogen-bond acceptors (Lipinski definition) is 3. The predicted octanol–water partition coefficient (Wildman–Crippen LogP) is 1.37. The SMILES string of the molecule is O=C(O)[C@@]1(Oc2ccc(F)cc2)CCCN1. The van der Waals surface area contributed by atoms with Gasteiger partial charge in [-0.15, -0.1) is 0 Å². The maximum atomic E-state index is 12.7. The zero-order valence-corrected chi connectivity index (χ0v) is 8.57. The van der Waals surface area contributed by atoms with Crippen molar-refractivity contribution in [2.75, 3.05) is 6.54 Å². The molecule has 1 aliphatic heterocycles. The average Bonchev–Trinajstić information content (AvgIpc) is 2.71. The van der Waals surface area contributed by atoms with Crippen molar-refractivity contribution in [3.05, 3.63) is 30.1 Å². The van der Waals surface area contributed by atoms with Crippen molar-refractivity contribution >= 4 is 5.97 Å². The number of carbonyl (C=O) groups is 1. The molecule has 0 saturated carbocycles. The van der Waals surface area contributed by atoms with Crippen LogP contribution in [0.15, 0.2) is 24.3 Å². The highest BCUT2D eigenvalue weighted by Crippen LogP contribution is 2.25. The maximum absolute atomic E-state index is 12.7. The molecule has 0 aromatic heterocycles. The van der Waals surface area contributed by atoms with Gasteiger partial charge in [0, 0.05) is 6.42 Å². The van der Waals surface area contributed by atoms with Crippen LogP contribution in [0.25, 0.3) is 0 Å². The van der Waals surface area contributed by atoms with Crippen molar-refractivity contribution in [2.24, 2.45) is 0 Å². The van der Waals surface area contributed by atoms with Gasteiger partial charge in [0.05, 0.1) is 0 Å². The molecular formula is C11H12FNO3. The van der Waals surface area contributed by atoms with E-state index < -0.39 is 11.7 Å². The first-order valence-electron chi connectivity index (χ1n) is 5.05. The van der Waals surface area contributed by atoms with Crippen LogP contribution >= 0.6 is 0 Å². The van der Waals surface area contributed by atoms with Crippen molar-refractivity contribution in [1.29, 1.82) is 0 Å². The van der Waals surface area contributed by atoms with Crippen LogP contribution in [0, 0.1) is 5.82 Å². The Balaban J connectivity index is 2.18. The Morgan fingerprint density at radius 2 is 2.12 bits per heavy atom. The van der Waals surface area contributed by atoms with Crippen LogP contribution in [-0.4, -0.2) is 23.3 Å². The standard InChI is InChI=1S/C11H12FNO3/c12-8-2-4-9(5-3-8)16-11(10(14)15)6-1-7-13-11/h2-5,13H,1,6-7H2,(H,14,15)/t11-/m0/s1. The summed E-state index contributed by atoms with van der Waals surface area (Å²) < 4.78 is 18.1. The number of carboxylic acid groups (broad SMARTS) is 1. The Kier molecular flexibility index (Phi) is 2.78. The molecule has 1 aliphatic rings. The molecule has 1 fully saturated rings. The highest BCUT2D eigenvalue weighted by atomic mass is 19.1. The highest BCUT2D eigenvalue weighted by Gasteiger charge is 2.43. The second kappa shape index (κ2) is 4.09. The number of aliphatic carboxylic acids is 1. The van der Waals surface area contributed by atoms with E-state index in [0.717, 1.165) is 6.42 Å². The van der Waals surface area contributed by atoms with E-state index >= 15 is 0 Å². The summed E-state index contributed by atoms with van der Waals surface area (Å²) >= 11 is 0. The first-order chi connectivity index (χ1) is 7.62. The van der Waals surface area contributed by atoms with Crippen molar-refractivity contribution in [2.45, 2.75) is 18.6 Å². The summed E-state index contributed by atoms with van der Waals surface area (Å²) in [6.07, 6.45) is 1.15. The summed E-state index contributed by atoms with van der Waals surface area (Å²) in [6, 6.07) is 5.31. The van der Waals surface area contributed by atoms with Gasteiger partial charge in [0.15, 0.2) is 0 Å². The lowest BCUT2D eigenvalue weighted by atomic mass is 10.1. The molecule has 0 bridgehead atoms. The number of halogens is 1. The second-order valence-electron chi connectivity index (χ2n) is 3.72. The largest absolute Gasteiger partial charge is 0.477 e. The second-order valence-corrected chi connectivity index (χ2v) is 3.72. The number of ether oxygens (including phenoxy) is 1. The van der Waals surface area contributed by atoms with Gasteiger partial charge in [-0.1, -0.05) is 0 Å². The fraction of sp³-hybridized carbons (Fsp3) is 0.364. The Hall–Kier alpha value is -1.62. The van der Waals surface area contributed by atoms with Gasteiger partial charge in [-0.2, -0.15) is 0 Å². The quantitative estimate of drug-likeness (QED) is 0.815. The van der Waals surface area contributed by atoms with Gasteiger partial charge >= 0.3 is 5.97 Å². The molecule has 1 aromatic rings. The van der Waals surface area contributed by atoms with E-state index in [1.54, 1.807) is 0 Å². The van der Waals surface area contributed by atoms with Crippen LogP contribution in [0.4, 0.5) is 4.39 Å². The Bertz CT molecular complexity index is 385. The summed E-state index contributed by atoms with van der Waals surface area (Å²) in [5.74, 6) is -1.08. The van der Waals surface area contributed by atoms with Gasteiger partial charge in [-0.05, 0) is 37.2 Å². The topological polar surface area (TPSA) is 58.6 Å². The fourth-order valence-electron chi connectivity index (χ4n) is 1.73. The van der Waals surface area contributed by atoms with Gasteiger partial charge in [-0.3, -0.25) is 5.32 Å². The number of hydrogen-bond donors (Lipinski definition) is 2. The lowest BCUT2D eigenvalue weighted by molar-refractivity contribution is -0.157. The molecule has 0 aliphatic carbocycles. The molecule has 2 N–H and O–H groups in total. The Morgan fingerprint density at radius 1 is 1.44 bits per heavy atom. The molecule has 16 heavy (non-hydrogen) atoms. The molecule has 0 unspecified atom stereocenters. The molecule has 1 heterocycles. The van der Waals surface area contributed by atoms with E-state index in [-0.39, 0.29) is 5.82 Å². The van der Waals surface area contributed by atoms with Gasteiger partial charge in [-0.25, -0.2) is 9.18 Å². The smallest absolute Gasteiger partial charge is 0.363 e. The van der Waals surface area contributed by atoms with Crippen molar-refractivity contribution in [3.8, 4) is 5.75 Å². The molecule has 1 aromatic carbocycles. The van der Waals surface area contributed by atoms with Crippen LogP contribution in [0.5, 0.6) is 5.75 Å². The first kappa shape index (κ1) is 10.9. The van der Waals surface area contributed by atoms with Crippen molar-refractivity contribution in [3.63, 3.8) is 0 Å². The molecule has 0 spiro atoms. The number of nitrogens with one attached hydrogen (secondary N) is 1. The minimum Gasteiger partial charge on any atom is -0.477 e. The van der Waals surface area contributed by atoms with Gasteiger partial charge in [0.2, 0.25) is 0 Å². The van der Waals surface area contributed by atoms with Crippen LogP contribution in [0.2, 0.25) is 0 Å². The molecule has 0 radical (unpaired) electrons. The van der Waals surface area contributed by atoms with Gasteiger partial charge in [0.1, 0.15) is 11.6 Å². The van der Waals surface area contributed by atoms with E-state index in [2.05, 4.69) is 5.32 Å². The summed E-state index contributed by atoms with van der Waals surface area (Å²) in [5, 5.41) is 11.9. The molecule has 1 saturated heterocycles. The Morgan fingerprint density at radius 3 is 2.62 bits per heavy atom. The summed E-state index contributed by atoms with van der Waals surface area (Å²) in [4.78, 5) is 11.1. The molecule has 86 valence electrons. The van der Waals surface area contributed by atoms with Gasteiger partial charge < -0.3 is 9.84 Å². The molecule has 1 atom stereocenters. The minimum absolute atomic E-state index is 0.346. The monoisotopic (exact) mass is 225 g/mol. The van der Waals surface area contributed by atoms with E-state index in [9.17, 15) is 9.18 Å². The van der Waals surface area contributed by atoms with Crippen LogP contribution in [-0.2, 0) is 4.79 Å². The molecule has 2 rings (SSSR count). The normalized spacial score (nSPS) is 24.3. The summed E-state index contributed by atoms with van der Waals surface area (Å²) in [6.45, 7) is 0.605. The predicted molar refractivity (Wildman–Crippen MR) is 54.6 cm³/mol. The van der Waals surface area contributed by atoms with E-state index in [4.69, 9.17) is 9.84 Å². The number of carboxylic acids is 1. The van der Waals surface area contributed by atoms with Crippen molar-refractivity contribution < 1.29 is 19.0 Å². The van der Waals surface area contributed by atoms with Crippen LogP contribution < -0.4 is 10.1 Å². The molecule has 5 heteroatoms. The minimum atomic E-state index is -1.36. The van der Waals surface area contributed by atoms with Crippen molar-refractivity contribution in [1.82, 2.24) is 5.32 Å². The average molecular weight is 225 g/mol. The van der Waals surface area contributed by atoms with E-state index in [1.807, 2.05) is 0 Å². The fourth-order valence-corrected chi connectivity index (χ4v) is 1.73. The van der Waals surface area contributed by atoms with Crippen LogP contribution in [0.3, 0.4) is 0 Å². The highest BCUT2D eigenvalue weighted by molar-refractivity contribution is 5.77. The molecule has 4 nitrogen and oxygen atoms in total. The zero-order valence-electron chi connectivity index (χ0n) is 8.57. The summed E-state index contributed by atoms with van der Waals surface area (Å²) in [5.41, 5.74) is -1.36. The first-order valence-corrected chi connectivity index (χ1v) is 5.05. The molecule has 0 amide bonds. The van der Waals surface area contributed by atoms with Crippen LogP contribution in [0.1, 0.15) is 12.8 Å². The molecular weight excluding hydrogens is 213 g/mol. The summed E-state index contributed by atoms with van der Waals surface area (Å²) in [7, 11) is 0. The number of rotatable bonds is 3. The maximum Gasteiger partial charge on any atom is 0.363 e. The van der Waals surface area contributed by atoms with E-state index in [0.29, 0.717) is 18.7 Å². The zero-order chi connectivity index (χ0) is 11.6. The lowest BCUT2D eigenvalue weighted by Crippen LogP contribution is -2.52. The number of benzene rings is 1. The third-order valence-corrected chi connectivity index (χ3v) is 2.57. The Labute approximate surface area is 92.0 Å². The third kappa shape index (κ3) is 1.99. The van der Waals surface area contributed by atoms with Gasteiger partial charge in [0.25, 0.3) is 5.72 Å². The lowest BCUT2D eigenvalue weighted by Gasteiger charge is -2.25.